The molecule has 0 aliphatic carbocycles. The van der Waals surface area contributed by atoms with Gasteiger partial charge in [0.2, 0.25) is 0 Å². The van der Waals surface area contributed by atoms with Gasteiger partial charge in [0, 0.05) is 6.54 Å². The molecule has 0 amide bonds. The molecule has 1 fully saturated rings. The molecule has 1 saturated heterocycles. The van der Waals surface area contributed by atoms with Gasteiger partial charge in [-0.1, -0.05) is 0 Å². The van der Waals surface area contributed by atoms with E-state index >= 15 is 0 Å². The molecule has 0 aromatic heterocycles. The quantitative estimate of drug-likeness (QED) is 0.652. The van der Waals surface area contributed by atoms with E-state index in [1.165, 1.54) is 4.90 Å². The summed E-state index contributed by atoms with van der Waals surface area (Å²) in [7, 11) is 0. The second-order valence-corrected chi connectivity index (χ2v) is 3.43. The summed E-state index contributed by atoms with van der Waals surface area (Å²) in [6.07, 6.45) is -5.01. The molecule has 2 heterocycles. The van der Waals surface area contributed by atoms with Crippen molar-refractivity contribution < 1.29 is 22.0 Å². The van der Waals surface area contributed by atoms with Gasteiger partial charge in [-0.15, -0.1) is 0 Å². The van der Waals surface area contributed by atoms with Gasteiger partial charge in [-0.05, 0) is 0 Å². The number of hydrogen-bond donors (Lipinski definition) is 2. The number of alkyl halides is 5. The summed E-state index contributed by atoms with van der Waals surface area (Å²) in [5.74, 6) is -4.80. The number of halogens is 5. The fourth-order valence-corrected chi connectivity index (χ4v) is 1.43. The minimum absolute atomic E-state index is 0.499. The number of nitrogens with one attached hydrogen (secondary N) is 2. The van der Waals surface area contributed by atoms with Crippen LogP contribution in [0.25, 0.3) is 0 Å². The third kappa shape index (κ3) is 1.68. The van der Waals surface area contributed by atoms with Gasteiger partial charge >= 0.3 is 12.1 Å². The first-order valence-corrected chi connectivity index (χ1v) is 4.32. The summed E-state index contributed by atoms with van der Waals surface area (Å²) in [5, 5.41) is 5.46. The maximum absolute atomic E-state index is 13.0. The van der Waals surface area contributed by atoms with Crippen LogP contribution in [0, 0.1) is 6.54 Å². The Hall–Kier alpha value is -1.12. The normalized spacial score (nSPS) is 30.2. The molecular formula is C7H7F5N4. The maximum atomic E-state index is 13.0. The van der Waals surface area contributed by atoms with E-state index in [2.05, 4.69) is 17.1 Å². The first-order chi connectivity index (χ1) is 7.32. The van der Waals surface area contributed by atoms with Crippen molar-refractivity contribution in [1.29, 1.82) is 0 Å². The third-order valence-electron chi connectivity index (χ3n) is 2.34. The molecule has 0 spiro atoms. The number of hydrogen-bond acceptors (Lipinski definition) is 4. The molecule has 0 aromatic carbocycles. The second-order valence-electron chi connectivity index (χ2n) is 3.43. The van der Waals surface area contributed by atoms with E-state index in [4.69, 9.17) is 0 Å². The van der Waals surface area contributed by atoms with Crippen LogP contribution in [0.4, 0.5) is 22.0 Å². The lowest BCUT2D eigenvalue weighted by atomic mass is 10.1. The third-order valence-corrected chi connectivity index (χ3v) is 2.34. The van der Waals surface area contributed by atoms with Gasteiger partial charge in [0.15, 0.2) is 0 Å². The van der Waals surface area contributed by atoms with Crippen molar-refractivity contribution in [3.63, 3.8) is 0 Å². The largest absolute Gasteiger partial charge is 0.455 e. The Morgan fingerprint density at radius 3 is 2.62 bits per heavy atom. The average Bonchev–Trinajstić information content (AvgIpc) is 2.61. The van der Waals surface area contributed by atoms with Crippen LogP contribution in [-0.2, 0) is 0 Å². The van der Waals surface area contributed by atoms with Crippen LogP contribution in [0.1, 0.15) is 0 Å². The van der Waals surface area contributed by atoms with Gasteiger partial charge in [0.05, 0.1) is 6.04 Å². The Bertz CT molecular complexity index is 302. The monoisotopic (exact) mass is 242 g/mol. The highest BCUT2D eigenvalue weighted by Gasteiger charge is 2.63. The lowest BCUT2D eigenvalue weighted by Gasteiger charge is -2.38. The van der Waals surface area contributed by atoms with Gasteiger partial charge in [-0.2, -0.15) is 27.1 Å². The van der Waals surface area contributed by atoms with Gasteiger partial charge in [0.1, 0.15) is 19.0 Å². The minimum Gasteiger partial charge on any atom is -0.336 e. The molecule has 2 N–H and O–H groups in total. The van der Waals surface area contributed by atoms with Gasteiger partial charge in [-0.25, -0.2) is 0 Å². The first-order valence-electron chi connectivity index (χ1n) is 4.32. The fourth-order valence-electron chi connectivity index (χ4n) is 1.43. The standard InChI is InChI=1S/C7H7F5N4/c8-6(9,7(10,11)12)4-2-16-3-14-15-5(16)1-13-4/h3-5,13,15H,2H2. The van der Waals surface area contributed by atoms with Gasteiger partial charge in [0.25, 0.3) is 0 Å². The van der Waals surface area contributed by atoms with Crippen molar-refractivity contribution >= 4 is 6.34 Å². The number of nitrogens with zero attached hydrogens (tertiary/aromatic N) is 2. The zero-order chi connectivity index (χ0) is 12.0. The van der Waals surface area contributed by atoms with Crippen LogP contribution < -0.4 is 10.7 Å². The van der Waals surface area contributed by atoms with Crippen LogP contribution >= 0.6 is 0 Å². The van der Waals surface area contributed by atoms with E-state index in [1.807, 2.05) is 5.32 Å². The summed E-state index contributed by atoms with van der Waals surface area (Å²) in [4.78, 5) is 1.21. The molecule has 0 bridgehead atoms. The summed E-state index contributed by atoms with van der Waals surface area (Å²) >= 11 is 0. The predicted molar refractivity (Wildman–Crippen MR) is 43.3 cm³/mol. The van der Waals surface area contributed by atoms with Crippen molar-refractivity contribution in [2.45, 2.75) is 24.3 Å². The van der Waals surface area contributed by atoms with Crippen molar-refractivity contribution in [2.24, 2.45) is 5.10 Å². The smallest absolute Gasteiger partial charge is 0.336 e. The topological polar surface area (TPSA) is 39.7 Å². The van der Waals surface area contributed by atoms with Crippen molar-refractivity contribution in [2.75, 3.05) is 6.54 Å². The van der Waals surface area contributed by atoms with E-state index < -0.39 is 30.9 Å². The maximum Gasteiger partial charge on any atom is 0.455 e. The van der Waals surface area contributed by atoms with E-state index in [-0.39, 0.29) is 0 Å². The predicted octanol–water partition coefficient (Wildman–Crippen LogP) is 0.369. The summed E-state index contributed by atoms with van der Waals surface area (Å²) < 4.78 is 62.1. The Balaban J connectivity index is 2.09. The van der Waals surface area contributed by atoms with E-state index in [1.54, 1.807) is 0 Å². The lowest BCUT2D eigenvalue weighted by Crippen LogP contribution is -2.63. The molecule has 9 heteroatoms. The number of piperazine rings is 1. The molecule has 90 valence electrons. The van der Waals surface area contributed by atoms with Crippen LogP contribution in [0.2, 0.25) is 0 Å². The zero-order valence-corrected chi connectivity index (χ0v) is 7.72. The molecule has 2 atom stereocenters. The summed E-state index contributed by atoms with van der Waals surface area (Å²) in [5.41, 5.74) is 2.46. The molecule has 0 aromatic rings. The molecule has 0 saturated carbocycles. The highest BCUT2D eigenvalue weighted by atomic mass is 19.4. The van der Waals surface area contributed by atoms with Crippen molar-refractivity contribution in [3.8, 4) is 0 Å². The molecule has 2 unspecified atom stereocenters. The molecule has 4 nitrogen and oxygen atoms in total. The van der Waals surface area contributed by atoms with E-state index in [0.29, 0.717) is 0 Å². The van der Waals surface area contributed by atoms with Crippen molar-refractivity contribution in [1.82, 2.24) is 15.6 Å². The van der Waals surface area contributed by atoms with Gasteiger partial charge in [-0.3, -0.25) is 10.7 Å². The van der Waals surface area contributed by atoms with Crippen molar-refractivity contribution in [3.05, 3.63) is 6.54 Å². The molecule has 2 aliphatic rings. The van der Waals surface area contributed by atoms with Crippen LogP contribution in [-0.4, -0.2) is 42.1 Å². The Morgan fingerprint density at radius 2 is 2.00 bits per heavy atom. The Morgan fingerprint density at radius 1 is 1.31 bits per heavy atom. The molecule has 2 rings (SSSR count). The highest BCUT2D eigenvalue weighted by molar-refractivity contribution is 5.58. The van der Waals surface area contributed by atoms with E-state index in [0.717, 1.165) is 6.34 Å². The number of hydrazone groups is 1. The fraction of sp³-hybridized carbons (Fsp3) is 0.714. The van der Waals surface area contributed by atoms with Crippen LogP contribution in [0.15, 0.2) is 5.10 Å². The Kier molecular flexibility index (Phi) is 2.44. The molecule has 16 heavy (non-hydrogen) atoms. The minimum atomic E-state index is -5.58. The lowest BCUT2D eigenvalue weighted by molar-refractivity contribution is -0.294. The van der Waals surface area contributed by atoms with E-state index in [9.17, 15) is 22.0 Å². The summed E-state index contributed by atoms with van der Waals surface area (Å²) in [6, 6.07) is -2.06. The molecular weight excluding hydrogens is 235 g/mol. The SMILES string of the molecule is FC(F)(F)C(F)(F)C1CN2C=NNC2[C]N1. The average molecular weight is 242 g/mol. The summed E-state index contributed by atoms with van der Waals surface area (Å²) in [6.45, 7) is 1.77. The number of fused-ring (bicyclic) bond motifs is 1. The van der Waals surface area contributed by atoms with Crippen LogP contribution in [0.5, 0.6) is 0 Å². The van der Waals surface area contributed by atoms with Crippen LogP contribution in [0.3, 0.4) is 0 Å². The molecule has 2 radical (unpaired) electrons. The van der Waals surface area contributed by atoms with Gasteiger partial charge < -0.3 is 4.90 Å². The zero-order valence-electron chi connectivity index (χ0n) is 7.72. The highest BCUT2D eigenvalue weighted by Crippen LogP contribution is 2.39. The first kappa shape index (κ1) is 11.4. The number of rotatable bonds is 1. The second kappa shape index (κ2) is 3.44. The Labute approximate surface area is 87.5 Å². The molecule has 2 aliphatic heterocycles.